The lowest BCUT2D eigenvalue weighted by molar-refractivity contribution is 0.0749. The van der Waals surface area contributed by atoms with E-state index in [2.05, 4.69) is 0 Å². The summed E-state index contributed by atoms with van der Waals surface area (Å²) in [4.78, 5) is 15.2. The van der Waals surface area contributed by atoms with Gasteiger partial charge >= 0.3 is 0 Å². The Morgan fingerprint density at radius 3 is 2.09 bits per heavy atom. The summed E-state index contributed by atoms with van der Waals surface area (Å²) in [6, 6.07) is 13.9. The Labute approximate surface area is 190 Å². The second-order valence-electron chi connectivity index (χ2n) is 8.38. The SMILES string of the molecule is O=C(c1ccc(S(=O)(=O)N2CCCCC2)cc1)N1CCCC1CS(=O)(=O)c1ccccc1. The molecular weight excluding hydrogens is 448 g/mol. The Morgan fingerprint density at radius 2 is 1.44 bits per heavy atom. The topological polar surface area (TPSA) is 91.8 Å². The largest absolute Gasteiger partial charge is 0.335 e. The molecule has 0 spiro atoms. The van der Waals surface area contributed by atoms with E-state index in [1.807, 2.05) is 0 Å². The van der Waals surface area contributed by atoms with Gasteiger partial charge in [-0.25, -0.2) is 16.8 Å². The van der Waals surface area contributed by atoms with Gasteiger partial charge in [-0.05, 0) is 62.1 Å². The first-order chi connectivity index (χ1) is 15.3. The van der Waals surface area contributed by atoms with Gasteiger partial charge in [0, 0.05) is 31.2 Å². The maximum atomic E-state index is 13.1. The van der Waals surface area contributed by atoms with Gasteiger partial charge in [-0.1, -0.05) is 24.6 Å². The van der Waals surface area contributed by atoms with Crippen LogP contribution in [0.1, 0.15) is 42.5 Å². The zero-order chi connectivity index (χ0) is 22.8. The first-order valence-corrected chi connectivity index (χ1v) is 14.1. The molecule has 0 aliphatic carbocycles. The first kappa shape index (κ1) is 22.9. The molecule has 9 heteroatoms. The molecule has 0 N–H and O–H groups in total. The molecule has 1 amide bonds. The molecule has 1 atom stereocenters. The molecule has 32 heavy (non-hydrogen) atoms. The number of benzene rings is 2. The van der Waals surface area contributed by atoms with Crippen LogP contribution in [0.2, 0.25) is 0 Å². The highest BCUT2D eigenvalue weighted by molar-refractivity contribution is 7.91. The number of amides is 1. The number of sulfone groups is 1. The summed E-state index contributed by atoms with van der Waals surface area (Å²) >= 11 is 0. The molecule has 0 bridgehead atoms. The number of hydrogen-bond acceptors (Lipinski definition) is 5. The fourth-order valence-corrected chi connectivity index (χ4v) is 7.58. The van der Waals surface area contributed by atoms with Crippen LogP contribution in [0.3, 0.4) is 0 Å². The van der Waals surface area contributed by atoms with Crippen molar-refractivity contribution in [1.29, 1.82) is 0 Å². The van der Waals surface area contributed by atoms with E-state index in [0.29, 0.717) is 31.6 Å². The maximum Gasteiger partial charge on any atom is 0.254 e. The highest BCUT2D eigenvalue weighted by Gasteiger charge is 2.34. The van der Waals surface area contributed by atoms with Crippen molar-refractivity contribution >= 4 is 25.8 Å². The van der Waals surface area contributed by atoms with Gasteiger partial charge in [-0.3, -0.25) is 4.79 Å². The fraction of sp³-hybridized carbons (Fsp3) is 0.435. The predicted octanol–water partition coefficient (Wildman–Crippen LogP) is 2.94. The van der Waals surface area contributed by atoms with Gasteiger partial charge < -0.3 is 4.90 Å². The average molecular weight is 477 g/mol. The minimum absolute atomic E-state index is 0.121. The highest BCUT2D eigenvalue weighted by Crippen LogP contribution is 2.25. The maximum absolute atomic E-state index is 13.1. The number of hydrogen-bond donors (Lipinski definition) is 0. The molecule has 4 rings (SSSR count). The van der Waals surface area contributed by atoms with Gasteiger partial charge in [0.15, 0.2) is 9.84 Å². The molecule has 0 radical (unpaired) electrons. The zero-order valence-corrected chi connectivity index (χ0v) is 19.5. The van der Waals surface area contributed by atoms with E-state index in [1.54, 1.807) is 35.2 Å². The van der Waals surface area contributed by atoms with Crippen molar-refractivity contribution in [2.45, 2.75) is 47.9 Å². The number of carbonyl (C=O) groups excluding carboxylic acids is 1. The average Bonchev–Trinajstić information content (AvgIpc) is 3.27. The van der Waals surface area contributed by atoms with Gasteiger partial charge in [0.25, 0.3) is 5.91 Å². The summed E-state index contributed by atoms with van der Waals surface area (Å²) in [5.74, 6) is -0.387. The molecule has 0 aromatic heterocycles. The predicted molar refractivity (Wildman–Crippen MR) is 122 cm³/mol. The van der Waals surface area contributed by atoms with E-state index in [4.69, 9.17) is 0 Å². The Morgan fingerprint density at radius 1 is 0.781 bits per heavy atom. The van der Waals surface area contributed by atoms with Crippen LogP contribution in [0.25, 0.3) is 0 Å². The van der Waals surface area contributed by atoms with E-state index in [-0.39, 0.29) is 21.5 Å². The van der Waals surface area contributed by atoms with Crippen molar-refractivity contribution < 1.29 is 21.6 Å². The van der Waals surface area contributed by atoms with Crippen LogP contribution >= 0.6 is 0 Å². The third kappa shape index (κ3) is 4.74. The summed E-state index contributed by atoms with van der Waals surface area (Å²) in [5.41, 5.74) is 0.367. The number of likely N-dealkylation sites (tertiary alicyclic amines) is 1. The standard InChI is InChI=1S/C23H28N2O5S2/c26-23(19-11-13-22(14-12-19)32(29,30)24-15-5-2-6-16-24)25-17-7-8-20(25)18-31(27,28)21-9-3-1-4-10-21/h1,3-4,9-14,20H,2,5-8,15-18H2. The fourth-order valence-electron chi connectivity index (χ4n) is 4.44. The van der Waals surface area contributed by atoms with Gasteiger partial charge in [0.05, 0.1) is 15.5 Å². The first-order valence-electron chi connectivity index (χ1n) is 11.0. The molecule has 0 saturated carbocycles. The smallest absolute Gasteiger partial charge is 0.254 e. The third-order valence-corrected chi connectivity index (χ3v) is 9.93. The van der Waals surface area contributed by atoms with Crippen molar-refractivity contribution in [3.8, 4) is 0 Å². The Bertz CT molecular complexity index is 1160. The molecule has 2 fully saturated rings. The second-order valence-corrected chi connectivity index (χ2v) is 12.4. The molecule has 2 heterocycles. The van der Waals surface area contributed by atoms with Crippen LogP contribution in [-0.2, 0) is 19.9 Å². The second kappa shape index (κ2) is 9.33. The third-order valence-electron chi connectivity index (χ3n) is 6.21. The van der Waals surface area contributed by atoms with Gasteiger partial charge in [-0.15, -0.1) is 0 Å². The number of rotatable bonds is 6. The van der Waals surface area contributed by atoms with Gasteiger partial charge in [0.2, 0.25) is 10.0 Å². The van der Waals surface area contributed by atoms with E-state index in [0.717, 1.165) is 25.7 Å². The number of sulfonamides is 1. The van der Waals surface area contributed by atoms with Gasteiger partial charge in [0.1, 0.15) is 0 Å². The normalized spacial score (nSPS) is 20.4. The lowest BCUT2D eigenvalue weighted by Gasteiger charge is -2.26. The summed E-state index contributed by atoms with van der Waals surface area (Å²) < 4.78 is 52.7. The number of piperidine rings is 1. The van der Waals surface area contributed by atoms with Crippen molar-refractivity contribution in [2.24, 2.45) is 0 Å². The molecule has 7 nitrogen and oxygen atoms in total. The molecular formula is C23H28N2O5S2. The number of nitrogens with zero attached hydrogens (tertiary/aromatic N) is 2. The van der Waals surface area contributed by atoms with E-state index >= 15 is 0 Å². The van der Waals surface area contributed by atoms with Crippen molar-refractivity contribution in [2.75, 3.05) is 25.4 Å². The lowest BCUT2D eigenvalue weighted by Crippen LogP contribution is -2.39. The summed E-state index contributed by atoms with van der Waals surface area (Å²) in [5, 5.41) is 0. The van der Waals surface area contributed by atoms with Crippen LogP contribution in [0.4, 0.5) is 0 Å². The van der Waals surface area contributed by atoms with Gasteiger partial charge in [-0.2, -0.15) is 4.31 Å². The van der Waals surface area contributed by atoms with Crippen molar-refractivity contribution in [3.05, 3.63) is 60.2 Å². The molecule has 172 valence electrons. The van der Waals surface area contributed by atoms with Crippen LogP contribution < -0.4 is 0 Å². The van der Waals surface area contributed by atoms with E-state index in [9.17, 15) is 21.6 Å². The zero-order valence-electron chi connectivity index (χ0n) is 17.9. The van der Waals surface area contributed by atoms with Crippen LogP contribution in [-0.4, -0.2) is 63.4 Å². The number of carbonyl (C=O) groups is 1. The Hall–Kier alpha value is -2.23. The summed E-state index contributed by atoms with van der Waals surface area (Å²) in [6.45, 7) is 1.53. The minimum Gasteiger partial charge on any atom is -0.335 e. The summed E-state index contributed by atoms with van der Waals surface area (Å²) in [7, 11) is -7.07. The molecule has 2 aromatic carbocycles. The quantitative estimate of drug-likeness (QED) is 0.639. The van der Waals surface area contributed by atoms with E-state index < -0.39 is 25.9 Å². The molecule has 2 aliphatic heterocycles. The van der Waals surface area contributed by atoms with Crippen LogP contribution in [0.5, 0.6) is 0 Å². The molecule has 2 aromatic rings. The molecule has 2 saturated heterocycles. The molecule has 1 unspecified atom stereocenters. The van der Waals surface area contributed by atoms with Crippen LogP contribution in [0, 0.1) is 0 Å². The molecule has 2 aliphatic rings. The lowest BCUT2D eigenvalue weighted by atomic mass is 10.2. The van der Waals surface area contributed by atoms with Crippen molar-refractivity contribution in [3.63, 3.8) is 0 Å². The van der Waals surface area contributed by atoms with E-state index in [1.165, 1.54) is 28.6 Å². The highest BCUT2D eigenvalue weighted by atomic mass is 32.2. The minimum atomic E-state index is -3.56. The van der Waals surface area contributed by atoms with Crippen molar-refractivity contribution in [1.82, 2.24) is 9.21 Å². The monoisotopic (exact) mass is 476 g/mol. The summed E-state index contributed by atoms with van der Waals surface area (Å²) in [6.07, 6.45) is 4.12. The van der Waals surface area contributed by atoms with Crippen LogP contribution in [0.15, 0.2) is 64.4 Å². The Kier molecular flexibility index (Phi) is 6.69. The Balaban J connectivity index is 1.48.